The van der Waals surface area contributed by atoms with Gasteiger partial charge in [0.25, 0.3) is 0 Å². The lowest BCUT2D eigenvalue weighted by Crippen LogP contribution is -2.55. The molecule has 0 amide bonds. The lowest BCUT2D eigenvalue weighted by atomic mass is 9.94. The van der Waals surface area contributed by atoms with Gasteiger partial charge in [-0.1, -0.05) is 30.9 Å². The molecular weight excluding hydrogens is 358 g/mol. The second kappa shape index (κ2) is 10.7. The number of hydrogen-bond acceptors (Lipinski definition) is 8. The summed E-state index contributed by atoms with van der Waals surface area (Å²) in [7, 11) is 0. The first-order valence-electron chi connectivity index (χ1n) is 9.36. The third kappa shape index (κ3) is 6.22. The number of aromatic nitrogens is 3. The fourth-order valence-electron chi connectivity index (χ4n) is 3.16. The summed E-state index contributed by atoms with van der Waals surface area (Å²) in [6.07, 6.45) is 1.23. The molecule has 5 N–H and O–H groups in total. The highest BCUT2D eigenvalue weighted by Crippen LogP contribution is 2.31. The Labute approximate surface area is 157 Å². The molecule has 0 unspecified atom stereocenters. The number of ether oxygens (including phenoxy) is 1. The van der Waals surface area contributed by atoms with Gasteiger partial charge in [-0.2, -0.15) is 0 Å². The molecule has 0 aromatic carbocycles. The number of aryl methyl sites for hydroxylation is 1. The summed E-state index contributed by atoms with van der Waals surface area (Å²) in [5.41, 5.74) is 0.334. The zero-order valence-electron chi connectivity index (χ0n) is 15.2. The molecule has 0 radical (unpaired) electrons. The summed E-state index contributed by atoms with van der Waals surface area (Å²) in [6, 6.07) is 0. The van der Waals surface area contributed by atoms with E-state index < -0.39 is 43.1 Å². The van der Waals surface area contributed by atoms with E-state index in [9.17, 15) is 25.2 Å². The highest BCUT2D eigenvalue weighted by atomic mass is 16.5. The first kappa shape index (κ1) is 21.7. The van der Waals surface area contributed by atoms with E-state index in [0.717, 1.165) is 32.1 Å². The van der Waals surface area contributed by atoms with E-state index in [1.165, 1.54) is 0 Å². The van der Waals surface area contributed by atoms with Gasteiger partial charge in [-0.3, -0.25) is 9.48 Å². The van der Waals surface area contributed by atoms with Gasteiger partial charge in [-0.15, -0.1) is 5.10 Å². The van der Waals surface area contributed by atoms with Gasteiger partial charge in [0.05, 0.1) is 12.8 Å². The molecule has 1 fully saturated rings. The summed E-state index contributed by atoms with van der Waals surface area (Å²) in [5, 5.41) is 55.5. The molecule has 1 saturated heterocycles. The Morgan fingerprint density at radius 3 is 2.37 bits per heavy atom. The van der Waals surface area contributed by atoms with Crippen LogP contribution < -0.4 is 0 Å². The van der Waals surface area contributed by atoms with E-state index in [1.54, 1.807) is 10.9 Å². The predicted molar refractivity (Wildman–Crippen MR) is 92.7 cm³/mol. The van der Waals surface area contributed by atoms with Gasteiger partial charge in [0.1, 0.15) is 36.2 Å². The van der Waals surface area contributed by atoms with Crippen molar-refractivity contribution < 1.29 is 35.1 Å². The van der Waals surface area contributed by atoms with E-state index in [0.29, 0.717) is 18.7 Å². The summed E-state index contributed by atoms with van der Waals surface area (Å²) in [6.45, 7) is 0.154. The minimum atomic E-state index is -1.44. The largest absolute Gasteiger partial charge is 0.481 e. The van der Waals surface area contributed by atoms with Gasteiger partial charge in [0.15, 0.2) is 0 Å². The van der Waals surface area contributed by atoms with Crippen molar-refractivity contribution in [3.8, 4) is 0 Å². The lowest BCUT2D eigenvalue weighted by molar-refractivity contribution is -0.232. The monoisotopic (exact) mass is 387 g/mol. The molecule has 0 bridgehead atoms. The maximum atomic E-state index is 10.4. The third-order valence-corrected chi connectivity index (χ3v) is 4.77. The number of aliphatic hydroxyl groups is 4. The number of hydrogen-bond donors (Lipinski definition) is 5. The lowest BCUT2D eigenvalue weighted by Gasteiger charge is -2.39. The number of aliphatic hydroxyl groups excluding tert-OH is 4. The van der Waals surface area contributed by atoms with Crippen LogP contribution in [-0.4, -0.2) is 77.5 Å². The van der Waals surface area contributed by atoms with Crippen LogP contribution in [0.5, 0.6) is 0 Å². The van der Waals surface area contributed by atoms with E-state index in [1.807, 2.05) is 0 Å². The Balaban J connectivity index is 1.73. The molecule has 0 spiro atoms. The van der Waals surface area contributed by atoms with Crippen LogP contribution in [0.1, 0.15) is 56.7 Å². The van der Waals surface area contributed by atoms with Crippen molar-refractivity contribution in [3.05, 3.63) is 11.9 Å². The first-order valence-corrected chi connectivity index (χ1v) is 9.36. The molecule has 1 aromatic heterocycles. The molecule has 10 nitrogen and oxygen atoms in total. The summed E-state index contributed by atoms with van der Waals surface area (Å²) in [4.78, 5) is 10.4. The molecular formula is C17H29N3O7. The van der Waals surface area contributed by atoms with Crippen molar-refractivity contribution in [2.45, 2.75) is 82.0 Å². The number of rotatable bonds is 11. The fraction of sp³-hybridized carbons (Fsp3) is 0.824. The molecule has 154 valence electrons. The zero-order valence-corrected chi connectivity index (χ0v) is 15.2. The van der Waals surface area contributed by atoms with Crippen LogP contribution in [0.15, 0.2) is 6.20 Å². The summed E-state index contributed by atoms with van der Waals surface area (Å²) in [5.74, 6) is -0.753. The minimum absolute atomic E-state index is 0.222. The van der Waals surface area contributed by atoms with Crippen LogP contribution in [0.25, 0.3) is 0 Å². The van der Waals surface area contributed by atoms with E-state index in [4.69, 9.17) is 9.84 Å². The Bertz CT molecular complexity index is 581. The SMILES string of the molecule is O=C(O)CCCCCCCCn1cc([C@@H]2O[C@H](CO)[C@@H](O)[C@H](O)[C@H]2O)nn1. The topological polar surface area (TPSA) is 158 Å². The highest BCUT2D eigenvalue weighted by Gasteiger charge is 2.45. The maximum Gasteiger partial charge on any atom is 0.303 e. The minimum Gasteiger partial charge on any atom is -0.481 e. The molecule has 1 aliphatic heterocycles. The van der Waals surface area contributed by atoms with Gasteiger partial charge in [0, 0.05) is 13.0 Å². The standard InChI is InChI=1S/C17H29N3O7/c21-10-12-14(24)15(25)16(26)17(27-12)11-9-20(19-18-11)8-6-4-2-1-3-5-7-13(22)23/h9,12,14-17,21,24-26H,1-8,10H2,(H,22,23)/t12-,14-,15+,16-,17+/m1/s1. The second-order valence-corrected chi connectivity index (χ2v) is 6.92. The van der Waals surface area contributed by atoms with Crippen molar-refractivity contribution in [1.82, 2.24) is 15.0 Å². The average molecular weight is 387 g/mol. The third-order valence-electron chi connectivity index (χ3n) is 4.77. The smallest absolute Gasteiger partial charge is 0.303 e. The number of nitrogens with zero attached hydrogens (tertiary/aromatic N) is 3. The molecule has 1 aliphatic rings. The van der Waals surface area contributed by atoms with Gasteiger partial charge in [-0.05, 0) is 12.8 Å². The normalized spacial score (nSPS) is 28.4. The molecule has 0 aliphatic carbocycles. The number of aliphatic carboxylic acids is 1. The molecule has 1 aromatic rings. The van der Waals surface area contributed by atoms with Crippen LogP contribution in [0.4, 0.5) is 0 Å². The van der Waals surface area contributed by atoms with Gasteiger partial charge in [0.2, 0.25) is 0 Å². The van der Waals surface area contributed by atoms with Crippen LogP contribution in [0, 0.1) is 0 Å². The van der Waals surface area contributed by atoms with Crippen molar-refractivity contribution in [3.63, 3.8) is 0 Å². The van der Waals surface area contributed by atoms with Crippen molar-refractivity contribution in [1.29, 1.82) is 0 Å². The van der Waals surface area contributed by atoms with Crippen LogP contribution >= 0.6 is 0 Å². The Morgan fingerprint density at radius 2 is 1.70 bits per heavy atom. The second-order valence-electron chi connectivity index (χ2n) is 6.92. The molecule has 0 saturated carbocycles. The fourth-order valence-corrected chi connectivity index (χ4v) is 3.16. The predicted octanol–water partition coefficient (Wildman–Crippen LogP) is -0.392. The van der Waals surface area contributed by atoms with Crippen LogP contribution in [0.2, 0.25) is 0 Å². The van der Waals surface area contributed by atoms with Gasteiger partial charge in [-0.25, -0.2) is 0 Å². The number of carboxylic acid groups (broad SMARTS) is 1. The van der Waals surface area contributed by atoms with E-state index in [2.05, 4.69) is 10.3 Å². The number of unbranched alkanes of at least 4 members (excludes halogenated alkanes) is 5. The summed E-state index contributed by atoms with van der Waals surface area (Å²) >= 11 is 0. The van der Waals surface area contributed by atoms with Crippen LogP contribution in [0.3, 0.4) is 0 Å². The molecule has 10 heteroatoms. The molecule has 2 rings (SSSR count). The van der Waals surface area contributed by atoms with Crippen molar-refractivity contribution in [2.75, 3.05) is 6.61 Å². The quantitative estimate of drug-likeness (QED) is 0.319. The maximum absolute atomic E-state index is 10.4. The Hall–Kier alpha value is -1.59. The molecule has 2 heterocycles. The van der Waals surface area contributed by atoms with Gasteiger partial charge >= 0.3 is 5.97 Å². The zero-order chi connectivity index (χ0) is 19.8. The Morgan fingerprint density at radius 1 is 1.04 bits per heavy atom. The van der Waals surface area contributed by atoms with E-state index >= 15 is 0 Å². The summed E-state index contributed by atoms with van der Waals surface area (Å²) < 4.78 is 7.09. The number of carboxylic acids is 1. The van der Waals surface area contributed by atoms with Crippen molar-refractivity contribution in [2.24, 2.45) is 0 Å². The number of carbonyl (C=O) groups is 1. The highest BCUT2D eigenvalue weighted by molar-refractivity contribution is 5.66. The van der Waals surface area contributed by atoms with Crippen molar-refractivity contribution >= 4 is 5.97 Å². The first-order chi connectivity index (χ1) is 12.9. The molecule has 27 heavy (non-hydrogen) atoms. The van der Waals surface area contributed by atoms with Gasteiger partial charge < -0.3 is 30.3 Å². The Kier molecular flexibility index (Phi) is 8.58. The molecule has 5 atom stereocenters. The van der Waals surface area contributed by atoms with E-state index in [-0.39, 0.29) is 6.42 Å². The van der Waals surface area contributed by atoms with Crippen LogP contribution in [-0.2, 0) is 16.1 Å². The average Bonchev–Trinajstić information content (AvgIpc) is 3.10.